The summed E-state index contributed by atoms with van der Waals surface area (Å²) in [5, 5.41) is 3.92. The van der Waals surface area contributed by atoms with Crippen molar-refractivity contribution in [2.75, 3.05) is 70.8 Å². The lowest BCUT2D eigenvalue weighted by molar-refractivity contribution is -0.129. The maximum Gasteiger partial charge on any atom is 0.411 e. The maximum absolute atomic E-state index is 13.9. The molecule has 12 heteroatoms. The van der Waals surface area contributed by atoms with Crippen molar-refractivity contribution in [2.24, 2.45) is 0 Å². The zero-order valence-corrected chi connectivity index (χ0v) is 29.1. The van der Waals surface area contributed by atoms with Gasteiger partial charge in [-0.3, -0.25) is 9.80 Å². The number of fused-ring (bicyclic) bond motifs is 1. The molecule has 2 fully saturated rings. The summed E-state index contributed by atoms with van der Waals surface area (Å²) >= 11 is 12.3. The van der Waals surface area contributed by atoms with Gasteiger partial charge in [-0.15, -0.1) is 0 Å². The molecular formula is C35H48Cl2N6O4. The van der Waals surface area contributed by atoms with Crippen LogP contribution in [-0.2, 0) is 22.6 Å². The number of halogens is 2. The van der Waals surface area contributed by atoms with E-state index in [4.69, 9.17) is 27.9 Å². The molecule has 2 aromatic carbocycles. The zero-order chi connectivity index (χ0) is 33.4. The van der Waals surface area contributed by atoms with Crippen molar-refractivity contribution in [3.63, 3.8) is 0 Å². The van der Waals surface area contributed by atoms with E-state index in [-0.39, 0.29) is 25.1 Å². The Morgan fingerprint density at radius 1 is 1.04 bits per heavy atom. The van der Waals surface area contributed by atoms with Gasteiger partial charge >= 0.3 is 12.1 Å². The van der Waals surface area contributed by atoms with Gasteiger partial charge in [-0.25, -0.2) is 9.59 Å². The number of anilines is 1. The molecule has 2 atom stereocenters. The number of hydrogen-bond acceptors (Lipinski definition) is 7. The van der Waals surface area contributed by atoms with E-state index in [1.54, 1.807) is 23.1 Å². The second-order valence-electron chi connectivity index (χ2n) is 12.7. The third-order valence-corrected chi connectivity index (χ3v) is 10.9. The highest BCUT2D eigenvalue weighted by Crippen LogP contribution is 2.39. The van der Waals surface area contributed by atoms with Crippen molar-refractivity contribution in [1.82, 2.24) is 24.5 Å². The molecular weight excluding hydrogens is 639 g/mol. The number of urea groups is 1. The normalized spacial score (nSPS) is 22.5. The first-order chi connectivity index (χ1) is 22.8. The van der Waals surface area contributed by atoms with Crippen LogP contribution in [0.4, 0.5) is 15.3 Å². The van der Waals surface area contributed by atoms with Crippen molar-refractivity contribution in [1.29, 1.82) is 0 Å². The van der Waals surface area contributed by atoms with Crippen molar-refractivity contribution in [2.45, 2.75) is 64.3 Å². The predicted molar refractivity (Wildman–Crippen MR) is 186 cm³/mol. The standard InChI is InChI=1S/C35H48Cl2N6O4/c1-3-39(4-2)15-7-16-40-19-21-41(22-20-40)35(14-23-44)25-29(42-17-12-28-8-5-6-9-32(28)38-33(42)45)13-18-43(35)34(46)47-26-27-10-11-30(36)31(37)24-27/h5-6,8-11,23-24,29H,3-4,7,12-22,25-26H2,1-2H3,(H,38,45)/t29-,35+/m1/s1. The van der Waals surface area contributed by atoms with Gasteiger partial charge in [-0.05, 0) is 74.8 Å². The molecule has 0 unspecified atom stereocenters. The first-order valence-electron chi connectivity index (χ1n) is 16.9. The number of carbonyl (C=O) groups is 3. The molecule has 5 rings (SSSR count). The Bertz CT molecular complexity index is 1390. The Kier molecular flexibility index (Phi) is 12.4. The fourth-order valence-corrected chi connectivity index (χ4v) is 7.72. The minimum Gasteiger partial charge on any atom is -0.444 e. The molecule has 0 spiro atoms. The summed E-state index contributed by atoms with van der Waals surface area (Å²) in [6.45, 7) is 12.6. The summed E-state index contributed by atoms with van der Waals surface area (Å²) in [6.07, 6.45) is 3.43. The molecule has 0 aromatic heterocycles. The van der Waals surface area contributed by atoms with Gasteiger partial charge in [0.15, 0.2) is 0 Å². The number of amides is 3. The summed E-state index contributed by atoms with van der Waals surface area (Å²) < 4.78 is 5.87. The van der Waals surface area contributed by atoms with Crippen molar-refractivity contribution < 1.29 is 19.1 Å². The molecule has 0 aliphatic carbocycles. The number of carbonyl (C=O) groups excluding carboxylic acids is 3. The first kappa shape index (κ1) is 35.4. The highest BCUT2D eigenvalue weighted by molar-refractivity contribution is 6.42. The van der Waals surface area contributed by atoms with Gasteiger partial charge in [0, 0.05) is 63.8 Å². The number of hydrogen-bond donors (Lipinski definition) is 1. The minimum atomic E-state index is -0.924. The lowest BCUT2D eigenvalue weighted by Gasteiger charge is -2.56. The molecule has 3 aliphatic rings. The van der Waals surface area contributed by atoms with Crippen LogP contribution in [0.25, 0.3) is 0 Å². The fourth-order valence-electron chi connectivity index (χ4n) is 7.39. The monoisotopic (exact) mass is 686 g/mol. The third kappa shape index (κ3) is 8.40. The van der Waals surface area contributed by atoms with Gasteiger partial charge in [-0.2, -0.15) is 0 Å². The van der Waals surface area contributed by atoms with Gasteiger partial charge in [0.05, 0.1) is 10.0 Å². The van der Waals surface area contributed by atoms with Crippen LogP contribution in [0.5, 0.6) is 0 Å². The second-order valence-corrected chi connectivity index (χ2v) is 13.5. The van der Waals surface area contributed by atoms with Gasteiger partial charge in [0.25, 0.3) is 0 Å². The number of ether oxygens (including phenoxy) is 1. The van der Waals surface area contributed by atoms with Gasteiger partial charge < -0.3 is 29.5 Å². The van der Waals surface area contributed by atoms with E-state index in [1.165, 1.54) is 0 Å². The molecule has 2 saturated heterocycles. The quantitative estimate of drug-likeness (QED) is 0.282. The number of para-hydroxylation sites is 1. The topological polar surface area (TPSA) is 88.7 Å². The number of piperidine rings is 1. The average Bonchev–Trinajstić information content (AvgIpc) is 3.25. The first-order valence-corrected chi connectivity index (χ1v) is 17.7. The van der Waals surface area contributed by atoms with Crippen molar-refractivity contribution in [3.05, 3.63) is 63.6 Å². The van der Waals surface area contributed by atoms with E-state index in [2.05, 4.69) is 33.9 Å². The van der Waals surface area contributed by atoms with Crippen LogP contribution in [-0.4, -0.2) is 120 Å². The summed E-state index contributed by atoms with van der Waals surface area (Å²) in [7, 11) is 0. The second kappa shape index (κ2) is 16.5. The van der Waals surface area contributed by atoms with Gasteiger partial charge in [0.1, 0.15) is 18.6 Å². The lowest BCUT2D eigenvalue weighted by Crippen LogP contribution is -2.70. The van der Waals surface area contributed by atoms with E-state index in [9.17, 15) is 14.4 Å². The number of likely N-dealkylation sites (tertiary alicyclic amines) is 1. The summed E-state index contributed by atoms with van der Waals surface area (Å²) in [5.74, 6) is 0. The molecule has 3 aliphatic heterocycles. The number of piperazine rings is 1. The number of nitrogens with zero attached hydrogens (tertiary/aromatic N) is 5. The highest BCUT2D eigenvalue weighted by atomic mass is 35.5. The van der Waals surface area contributed by atoms with Crippen LogP contribution in [0.2, 0.25) is 10.0 Å². The number of benzene rings is 2. The summed E-state index contributed by atoms with van der Waals surface area (Å²) in [6, 6.07) is 12.7. The molecule has 3 amide bonds. The molecule has 0 bridgehead atoms. The van der Waals surface area contributed by atoms with Crippen LogP contribution in [0.15, 0.2) is 42.5 Å². The number of aldehydes is 1. The van der Waals surface area contributed by atoms with E-state index in [0.717, 1.165) is 75.2 Å². The molecule has 10 nitrogen and oxygen atoms in total. The zero-order valence-electron chi connectivity index (χ0n) is 27.6. The minimum absolute atomic E-state index is 0.0277. The van der Waals surface area contributed by atoms with Crippen LogP contribution in [0.1, 0.15) is 50.7 Å². The van der Waals surface area contributed by atoms with Gasteiger partial charge in [-0.1, -0.05) is 61.3 Å². The van der Waals surface area contributed by atoms with Gasteiger partial charge in [0.2, 0.25) is 0 Å². The summed E-state index contributed by atoms with van der Waals surface area (Å²) in [4.78, 5) is 50.8. The molecule has 0 saturated carbocycles. The molecule has 0 radical (unpaired) electrons. The maximum atomic E-state index is 13.9. The van der Waals surface area contributed by atoms with E-state index >= 15 is 0 Å². The summed E-state index contributed by atoms with van der Waals surface area (Å²) in [5.41, 5.74) is 1.73. The molecule has 256 valence electrons. The largest absolute Gasteiger partial charge is 0.444 e. The van der Waals surface area contributed by atoms with Crippen LogP contribution < -0.4 is 5.32 Å². The van der Waals surface area contributed by atoms with Crippen LogP contribution >= 0.6 is 23.2 Å². The smallest absolute Gasteiger partial charge is 0.411 e. The SMILES string of the molecule is CCN(CC)CCCN1CCN([C@]2(CC=O)C[C@H](N3CCc4ccccc4NC3=O)CCN2C(=O)OCc2ccc(Cl)c(Cl)c2)CC1. The Morgan fingerprint density at radius 3 is 2.53 bits per heavy atom. The predicted octanol–water partition coefficient (Wildman–Crippen LogP) is 5.82. The Balaban J connectivity index is 1.34. The third-order valence-electron chi connectivity index (χ3n) is 10.1. The molecule has 47 heavy (non-hydrogen) atoms. The molecule has 3 heterocycles. The van der Waals surface area contributed by atoms with Crippen LogP contribution in [0, 0.1) is 0 Å². The number of rotatable bonds is 12. The lowest BCUT2D eigenvalue weighted by atomic mass is 9.86. The molecule has 1 N–H and O–H groups in total. The van der Waals surface area contributed by atoms with E-state index in [0.29, 0.717) is 49.1 Å². The van der Waals surface area contributed by atoms with E-state index < -0.39 is 11.8 Å². The van der Waals surface area contributed by atoms with Crippen LogP contribution in [0.3, 0.4) is 0 Å². The Labute approximate surface area is 288 Å². The average molecular weight is 688 g/mol. The fraction of sp³-hybridized carbons (Fsp3) is 0.571. The Hall–Kier alpha value is -2.89. The van der Waals surface area contributed by atoms with Crippen molar-refractivity contribution >= 4 is 47.3 Å². The molecule has 2 aromatic rings. The number of nitrogens with one attached hydrogen (secondary N) is 1. The van der Waals surface area contributed by atoms with E-state index in [1.807, 2.05) is 29.2 Å². The van der Waals surface area contributed by atoms with Crippen molar-refractivity contribution in [3.8, 4) is 0 Å². The highest BCUT2D eigenvalue weighted by Gasteiger charge is 2.51. The Morgan fingerprint density at radius 2 is 1.81 bits per heavy atom.